The minimum absolute atomic E-state index is 0.0650. The largest absolute Gasteiger partial charge is 0.454 e. The van der Waals surface area contributed by atoms with Gasteiger partial charge in [0.1, 0.15) is 11.3 Å². The molecule has 3 aromatic rings. The summed E-state index contributed by atoms with van der Waals surface area (Å²) in [5, 5.41) is 11.6. The highest BCUT2D eigenvalue weighted by atomic mass is 16.7. The zero-order chi connectivity index (χ0) is 24.1. The maximum Gasteiger partial charge on any atom is 0.343 e. The first-order valence-electron chi connectivity index (χ1n) is 10.6. The van der Waals surface area contributed by atoms with Gasteiger partial charge in [0.2, 0.25) is 13.6 Å². The molecule has 35 heavy (non-hydrogen) atoms. The van der Waals surface area contributed by atoms with Crippen molar-refractivity contribution >= 4 is 23.3 Å². The lowest BCUT2D eigenvalue weighted by Crippen LogP contribution is -2.29. The summed E-state index contributed by atoms with van der Waals surface area (Å²) in [6.45, 7) is 0.354. The normalized spacial score (nSPS) is 14.6. The van der Waals surface area contributed by atoms with Crippen LogP contribution in [0.2, 0.25) is 0 Å². The Labute approximate surface area is 197 Å². The molecule has 11 nitrogen and oxygen atoms in total. The van der Waals surface area contributed by atoms with Crippen LogP contribution in [-0.4, -0.2) is 36.9 Å². The van der Waals surface area contributed by atoms with Crippen LogP contribution >= 0.6 is 0 Å². The smallest absolute Gasteiger partial charge is 0.343 e. The van der Waals surface area contributed by atoms with Gasteiger partial charge < -0.3 is 28.6 Å². The second-order valence-electron chi connectivity index (χ2n) is 7.93. The topological polar surface area (TPSA) is 127 Å². The van der Waals surface area contributed by atoms with Gasteiger partial charge in [0.15, 0.2) is 23.0 Å². The fourth-order valence-electron chi connectivity index (χ4n) is 4.24. The van der Waals surface area contributed by atoms with Crippen molar-refractivity contribution in [1.29, 1.82) is 0 Å². The molecule has 0 N–H and O–H groups in total. The Morgan fingerprint density at radius 2 is 1.60 bits per heavy atom. The van der Waals surface area contributed by atoms with Crippen molar-refractivity contribution < 1.29 is 38.2 Å². The Balaban J connectivity index is 1.24. The molecular formula is C24H16N2O9. The van der Waals surface area contributed by atoms with Gasteiger partial charge in [-0.25, -0.2) is 4.79 Å². The van der Waals surface area contributed by atoms with Crippen LogP contribution in [0.1, 0.15) is 26.3 Å². The highest BCUT2D eigenvalue weighted by Crippen LogP contribution is 2.40. The molecule has 0 spiro atoms. The summed E-state index contributed by atoms with van der Waals surface area (Å²) in [5.74, 6) is 0.763. The van der Waals surface area contributed by atoms with Crippen LogP contribution < -0.4 is 28.6 Å². The molecule has 176 valence electrons. The summed E-state index contributed by atoms with van der Waals surface area (Å²) in [5.41, 5.74) is 1.22. The lowest BCUT2D eigenvalue weighted by Gasteiger charge is -2.18. The number of carbonyl (C=O) groups is 2. The molecule has 0 atom stereocenters. The third-order valence-corrected chi connectivity index (χ3v) is 5.93. The van der Waals surface area contributed by atoms with Gasteiger partial charge in [-0.3, -0.25) is 14.9 Å². The van der Waals surface area contributed by atoms with Gasteiger partial charge in [-0.05, 0) is 48.4 Å². The number of nitro groups is 1. The molecule has 0 unspecified atom stereocenters. The summed E-state index contributed by atoms with van der Waals surface area (Å²) in [6, 6.07) is 12.2. The number of carbonyl (C=O) groups excluding carboxylic acids is 2. The number of esters is 1. The van der Waals surface area contributed by atoms with E-state index in [-0.39, 0.29) is 36.3 Å². The third kappa shape index (κ3) is 3.53. The van der Waals surface area contributed by atoms with E-state index in [1.807, 2.05) is 0 Å². The van der Waals surface area contributed by atoms with Crippen molar-refractivity contribution in [2.75, 3.05) is 25.0 Å². The summed E-state index contributed by atoms with van der Waals surface area (Å²) in [7, 11) is 0. The number of nitrogens with zero attached hydrogens (tertiary/aromatic N) is 2. The number of hydrogen-bond acceptors (Lipinski definition) is 9. The van der Waals surface area contributed by atoms with Crippen LogP contribution in [0.15, 0.2) is 48.5 Å². The molecule has 11 heteroatoms. The molecule has 0 bridgehead atoms. The molecule has 3 aliphatic heterocycles. The predicted molar refractivity (Wildman–Crippen MR) is 119 cm³/mol. The van der Waals surface area contributed by atoms with Crippen molar-refractivity contribution in [1.82, 2.24) is 0 Å². The van der Waals surface area contributed by atoms with Gasteiger partial charge in [0, 0.05) is 18.3 Å². The lowest BCUT2D eigenvalue weighted by molar-refractivity contribution is -0.385. The standard InChI is InChI=1S/C24H16N2O9/c27-23(16-9-21-22(34-12-33-21)10-18(16)26(29)30)25-6-5-13-7-15(2-3-17(13)25)35-24(28)14-1-4-19-20(8-14)32-11-31-19/h1-4,7-10H,5-6,11-12H2. The zero-order valence-corrected chi connectivity index (χ0v) is 18.0. The van der Waals surface area contributed by atoms with Crippen LogP contribution in [0.4, 0.5) is 11.4 Å². The van der Waals surface area contributed by atoms with E-state index in [1.54, 1.807) is 36.4 Å². The van der Waals surface area contributed by atoms with Crippen molar-refractivity contribution in [3.05, 3.63) is 75.3 Å². The Bertz CT molecular complexity index is 1420. The molecular weight excluding hydrogens is 460 g/mol. The summed E-state index contributed by atoms with van der Waals surface area (Å²) in [6.07, 6.45) is 0.495. The molecule has 1 amide bonds. The molecule has 0 aromatic heterocycles. The average Bonchev–Trinajstić information content (AvgIpc) is 3.60. The second kappa shape index (κ2) is 7.90. The predicted octanol–water partition coefficient (Wildman–Crippen LogP) is 3.47. The van der Waals surface area contributed by atoms with E-state index in [4.69, 9.17) is 23.7 Å². The van der Waals surface area contributed by atoms with Crippen LogP contribution in [0.3, 0.4) is 0 Å². The lowest BCUT2D eigenvalue weighted by atomic mass is 10.1. The van der Waals surface area contributed by atoms with Gasteiger partial charge in [0.25, 0.3) is 11.6 Å². The van der Waals surface area contributed by atoms with E-state index < -0.39 is 16.8 Å². The molecule has 3 heterocycles. The van der Waals surface area contributed by atoms with Crippen LogP contribution in [0, 0.1) is 10.1 Å². The van der Waals surface area contributed by atoms with Crippen LogP contribution in [-0.2, 0) is 6.42 Å². The maximum atomic E-state index is 13.3. The second-order valence-corrected chi connectivity index (χ2v) is 7.93. The van der Waals surface area contributed by atoms with Gasteiger partial charge in [-0.15, -0.1) is 0 Å². The van der Waals surface area contributed by atoms with Crippen molar-refractivity contribution in [2.24, 2.45) is 0 Å². The number of amides is 1. The first-order valence-corrected chi connectivity index (χ1v) is 10.6. The number of hydrogen-bond donors (Lipinski definition) is 0. The van der Waals surface area contributed by atoms with Gasteiger partial charge in [0.05, 0.1) is 16.6 Å². The molecule has 0 aliphatic carbocycles. The Hall–Kier alpha value is -4.80. The fraction of sp³-hybridized carbons (Fsp3) is 0.167. The molecule has 0 saturated carbocycles. The van der Waals surface area contributed by atoms with E-state index in [1.165, 1.54) is 17.0 Å². The maximum absolute atomic E-state index is 13.3. The number of nitro benzene ring substituents is 1. The number of ether oxygens (including phenoxy) is 5. The first kappa shape index (κ1) is 20.8. The first-order chi connectivity index (χ1) is 17.0. The molecule has 0 saturated heterocycles. The Morgan fingerprint density at radius 1 is 0.886 bits per heavy atom. The molecule has 3 aliphatic rings. The quantitative estimate of drug-likeness (QED) is 0.241. The van der Waals surface area contributed by atoms with Crippen molar-refractivity contribution in [2.45, 2.75) is 6.42 Å². The highest BCUT2D eigenvalue weighted by molar-refractivity contribution is 6.10. The van der Waals surface area contributed by atoms with E-state index in [9.17, 15) is 19.7 Å². The van der Waals surface area contributed by atoms with Crippen LogP contribution in [0.25, 0.3) is 0 Å². The average molecular weight is 476 g/mol. The summed E-state index contributed by atoms with van der Waals surface area (Å²) >= 11 is 0. The Morgan fingerprint density at radius 3 is 2.37 bits per heavy atom. The van der Waals surface area contributed by atoms with Crippen molar-refractivity contribution in [3.8, 4) is 28.7 Å². The van der Waals surface area contributed by atoms with E-state index in [2.05, 4.69) is 0 Å². The highest BCUT2D eigenvalue weighted by Gasteiger charge is 2.33. The SMILES string of the molecule is O=C(Oc1ccc2c(c1)CCN2C(=O)c1cc2c(cc1[N+](=O)[O-])OCO2)c1ccc2c(c1)OCO2. The molecule has 6 rings (SSSR count). The molecule has 0 fully saturated rings. The van der Waals surface area contributed by atoms with E-state index in [0.29, 0.717) is 41.5 Å². The Kier molecular flexibility index (Phi) is 4.69. The van der Waals surface area contributed by atoms with Crippen molar-refractivity contribution in [3.63, 3.8) is 0 Å². The monoisotopic (exact) mass is 476 g/mol. The zero-order valence-electron chi connectivity index (χ0n) is 18.0. The van der Waals surface area contributed by atoms with Gasteiger partial charge in [-0.1, -0.05) is 0 Å². The minimum atomic E-state index is -0.620. The molecule has 3 aromatic carbocycles. The van der Waals surface area contributed by atoms with Gasteiger partial charge >= 0.3 is 5.97 Å². The minimum Gasteiger partial charge on any atom is -0.454 e. The number of benzene rings is 3. The number of rotatable bonds is 4. The van der Waals surface area contributed by atoms with E-state index in [0.717, 1.165) is 5.56 Å². The number of fused-ring (bicyclic) bond motifs is 3. The van der Waals surface area contributed by atoms with Crippen LogP contribution in [0.5, 0.6) is 28.7 Å². The fourth-order valence-corrected chi connectivity index (χ4v) is 4.24. The third-order valence-electron chi connectivity index (χ3n) is 5.93. The van der Waals surface area contributed by atoms with Gasteiger partial charge in [-0.2, -0.15) is 0 Å². The summed E-state index contributed by atoms with van der Waals surface area (Å²) < 4.78 is 26.5. The van der Waals surface area contributed by atoms with E-state index >= 15 is 0 Å². The molecule has 0 radical (unpaired) electrons. The number of anilines is 1. The summed E-state index contributed by atoms with van der Waals surface area (Å²) in [4.78, 5) is 38.3.